The Labute approximate surface area is 166 Å². The summed E-state index contributed by atoms with van der Waals surface area (Å²) in [6.45, 7) is 7.51. The third kappa shape index (κ3) is 4.36. The van der Waals surface area contributed by atoms with Gasteiger partial charge in [-0.2, -0.15) is 0 Å². The summed E-state index contributed by atoms with van der Waals surface area (Å²) < 4.78 is 12.6. The molecule has 0 N–H and O–H groups in total. The lowest BCUT2D eigenvalue weighted by Gasteiger charge is -2.57. The van der Waals surface area contributed by atoms with Gasteiger partial charge in [0.05, 0.1) is 6.61 Å². The van der Waals surface area contributed by atoms with Crippen LogP contribution in [0.3, 0.4) is 0 Å². The van der Waals surface area contributed by atoms with Gasteiger partial charge >= 0.3 is 0 Å². The molecular weight excluding hydrogens is 332 g/mol. The SMILES string of the molecule is CCCOC(CC12CC3CC(CC(C3)C1)C2)Oc1ccc(C(C)CC)cc1. The topological polar surface area (TPSA) is 18.5 Å². The second-order valence-corrected chi connectivity index (χ2v) is 9.92. The Morgan fingerprint density at radius 1 is 0.963 bits per heavy atom. The predicted molar refractivity (Wildman–Crippen MR) is 111 cm³/mol. The quantitative estimate of drug-likeness (QED) is 0.438. The molecule has 4 saturated carbocycles. The molecule has 0 aliphatic heterocycles. The summed E-state index contributed by atoms with van der Waals surface area (Å²) >= 11 is 0. The van der Waals surface area contributed by atoms with Crippen molar-refractivity contribution in [3.05, 3.63) is 29.8 Å². The van der Waals surface area contributed by atoms with Crippen LogP contribution in [0.4, 0.5) is 0 Å². The highest BCUT2D eigenvalue weighted by Gasteiger charge is 2.51. The van der Waals surface area contributed by atoms with Gasteiger partial charge in [-0.25, -0.2) is 0 Å². The second-order valence-electron chi connectivity index (χ2n) is 9.92. The van der Waals surface area contributed by atoms with Crippen molar-refractivity contribution in [3.8, 4) is 5.75 Å². The molecule has 1 aromatic carbocycles. The molecule has 4 aliphatic rings. The maximum absolute atomic E-state index is 6.40. The average Bonchev–Trinajstić information content (AvgIpc) is 2.64. The van der Waals surface area contributed by atoms with E-state index in [1.165, 1.54) is 50.5 Å². The maximum atomic E-state index is 6.40. The number of ether oxygens (including phenoxy) is 2. The number of hydrogen-bond acceptors (Lipinski definition) is 2. The highest BCUT2D eigenvalue weighted by Crippen LogP contribution is 2.61. The summed E-state index contributed by atoms with van der Waals surface area (Å²) in [5.41, 5.74) is 1.89. The van der Waals surface area contributed by atoms with Crippen LogP contribution in [-0.4, -0.2) is 12.9 Å². The minimum absolute atomic E-state index is 0.0874. The summed E-state index contributed by atoms with van der Waals surface area (Å²) in [5.74, 6) is 4.53. The lowest BCUT2D eigenvalue weighted by atomic mass is 9.49. The van der Waals surface area contributed by atoms with E-state index in [0.29, 0.717) is 11.3 Å². The van der Waals surface area contributed by atoms with Crippen molar-refractivity contribution in [1.82, 2.24) is 0 Å². The van der Waals surface area contributed by atoms with E-state index in [1.54, 1.807) is 0 Å². The Morgan fingerprint density at radius 2 is 1.56 bits per heavy atom. The fourth-order valence-electron chi connectivity index (χ4n) is 6.54. The van der Waals surface area contributed by atoms with Crippen molar-refractivity contribution in [2.24, 2.45) is 23.2 Å². The average molecular weight is 371 g/mol. The summed E-state index contributed by atoms with van der Waals surface area (Å²) in [5, 5.41) is 0. The number of rotatable bonds is 9. The van der Waals surface area contributed by atoms with Crippen LogP contribution in [0.15, 0.2) is 24.3 Å². The van der Waals surface area contributed by atoms with Crippen molar-refractivity contribution >= 4 is 0 Å². The Bertz CT molecular complexity index is 570. The van der Waals surface area contributed by atoms with Crippen LogP contribution < -0.4 is 4.74 Å². The van der Waals surface area contributed by atoms with Gasteiger partial charge in [0.15, 0.2) is 6.29 Å². The largest absolute Gasteiger partial charge is 0.465 e. The van der Waals surface area contributed by atoms with Crippen molar-refractivity contribution < 1.29 is 9.47 Å². The second kappa shape index (κ2) is 8.15. The highest BCUT2D eigenvalue weighted by atomic mass is 16.7. The van der Waals surface area contributed by atoms with E-state index in [-0.39, 0.29) is 6.29 Å². The van der Waals surface area contributed by atoms with Crippen molar-refractivity contribution in [2.45, 2.75) is 90.8 Å². The molecule has 4 fully saturated rings. The minimum atomic E-state index is -0.0874. The molecular formula is C25H38O2. The molecule has 4 bridgehead atoms. The predicted octanol–water partition coefficient (Wildman–Crippen LogP) is 6.94. The van der Waals surface area contributed by atoms with E-state index in [2.05, 4.69) is 45.0 Å². The maximum Gasteiger partial charge on any atom is 0.200 e. The minimum Gasteiger partial charge on any atom is -0.465 e. The van der Waals surface area contributed by atoms with Gasteiger partial charge in [0.25, 0.3) is 0 Å². The molecule has 0 aromatic heterocycles. The Balaban J connectivity index is 1.43. The van der Waals surface area contributed by atoms with E-state index >= 15 is 0 Å². The summed E-state index contributed by atoms with van der Waals surface area (Å²) in [6.07, 6.45) is 12.0. The Hall–Kier alpha value is -1.02. The standard InChI is InChI=1S/C25H38O2/c1-4-10-26-24(27-23-8-6-22(7-9-23)18(3)5-2)17-25-14-19-11-20(15-25)13-21(12-19)16-25/h6-9,18-21,24H,4-5,10-17H2,1-3H3. The van der Waals surface area contributed by atoms with Gasteiger partial charge in [-0.15, -0.1) is 0 Å². The first-order chi connectivity index (χ1) is 13.1. The molecule has 2 nitrogen and oxygen atoms in total. The van der Waals surface area contributed by atoms with E-state index < -0.39 is 0 Å². The zero-order valence-corrected chi connectivity index (χ0v) is 17.6. The molecule has 4 aliphatic carbocycles. The van der Waals surface area contributed by atoms with Gasteiger partial charge in [-0.3, -0.25) is 0 Å². The summed E-state index contributed by atoms with van der Waals surface area (Å²) in [4.78, 5) is 0. The molecule has 2 heteroatoms. The first-order valence-electron chi connectivity index (χ1n) is 11.5. The smallest absolute Gasteiger partial charge is 0.200 e. The van der Waals surface area contributed by atoms with Crippen LogP contribution in [0.5, 0.6) is 5.75 Å². The van der Waals surface area contributed by atoms with Gasteiger partial charge in [0, 0.05) is 6.42 Å². The van der Waals surface area contributed by atoms with Gasteiger partial charge in [0.1, 0.15) is 5.75 Å². The lowest BCUT2D eigenvalue weighted by molar-refractivity contribution is -0.142. The van der Waals surface area contributed by atoms with Crippen LogP contribution in [0.2, 0.25) is 0 Å². The lowest BCUT2D eigenvalue weighted by Crippen LogP contribution is -2.48. The van der Waals surface area contributed by atoms with Crippen molar-refractivity contribution in [2.75, 3.05) is 6.61 Å². The van der Waals surface area contributed by atoms with Gasteiger partial charge in [-0.05, 0) is 98.1 Å². The van der Waals surface area contributed by atoms with E-state index in [4.69, 9.17) is 9.47 Å². The van der Waals surface area contributed by atoms with Crippen LogP contribution in [-0.2, 0) is 4.74 Å². The normalized spacial score (nSPS) is 33.8. The Kier molecular flexibility index (Phi) is 5.83. The molecule has 27 heavy (non-hydrogen) atoms. The zero-order chi connectivity index (χ0) is 18.9. The number of benzene rings is 1. The molecule has 0 heterocycles. The van der Waals surface area contributed by atoms with E-state index in [9.17, 15) is 0 Å². The van der Waals surface area contributed by atoms with Crippen LogP contribution in [0, 0.1) is 23.2 Å². The molecule has 2 atom stereocenters. The molecule has 0 saturated heterocycles. The third-order valence-corrected chi connectivity index (χ3v) is 7.60. The van der Waals surface area contributed by atoms with Crippen LogP contribution in [0.1, 0.15) is 90.0 Å². The first kappa shape index (κ1) is 19.3. The highest BCUT2D eigenvalue weighted by molar-refractivity contribution is 5.29. The fraction of sp³-hybridized carbons (Fsp3) is 0.760. The van der Waals surface area contributed by atoms with Gasteiger partial charge < -0.3 is 9.47 Å². The first-order valence-corrected chi connectivity index (χ1v) is 11.5. The molecule has 1 aromatic rings. The van der Waals surface area contributed by atoms with Gasteiger partial charge in [0.2, 0.25) is 0 Å². The van der Waals surface area contributed by atoms with Gasteiger partial charge in [-0.1, -0.05) is 32.9 Å². The Morgan fingerprint density at radius 3 is 2.07 bits per heavy atom. The van der Waals surface area contributed by atoms with Crippen LogP contribution >= 0.6 is 0 Å². The third-order valence-electron chi connectivity index (χ3n) is 7.60. The van der Waals surface area contributed by atoms with Crippen molar-refractivity contribution in [1.29, 1.82) is 0 Å². The van der Waals surface area contributed by atoms with Crippen molar-refractivity contribution in [3.63, 3.8) is 0 Å². The molecule has 0 spiro atoms. The molecule has 2 unspecified atom stereocenters. The number of hydrogen-bond donors (Lipinski definition) is 0. The zero-order valence-electron chi connectivity index (χ0n) is 17.6. The fourth-order valence-corrected chi connectivity index (χ4v) is 6.54. The summed E-state index contributed by atoms with van der Waals surface area (Å²) in [7, 11) is 0. The monoisotopic (exact) mass is 370 g/mol. The molecule has 0 radical (unpaired) electrons. The molecule has 150 valence electrons. The summed E-state index contributed by atoms with van der Waals surface area (Å²) in [6, 6.07) is 8.74. The van der Waals surface area contributed by atoms with E-state index in [1.807, 2.05) is 0 Å². The molecule has 0 amide bonds. The van der Waals surface area contributed by atoms with E-state index in [0.717, 1.165) is 43.0 Å². The van der Waals surface area contributed by atoms with Crippen LogP contribution in [0.25, 0.3) is 0 Å². The molecule has 5 rings (SSSR count).